The van der Waals surface area contributed by atoms with E-state index in [1.807, 2.05) is 30.3 Å². The SMILES string of the molecule is CC1NC(c2ccccc2)C(=O)N1CC1(C2CC2)CC1. The van der Waals surface area contributed by atoms with Crippen molar-refractivity contribution >= 4 is 5.91 Å². The van der Waals surface area contributed by atoms with Crippen LogP contribution in [0.4, 0.5) is 0 Å². The number of amides is 1. The van der Waals surface area contributed by atoms with E-state index >= 15 is 0 Å². The summed E-state index contributed by atoms with van der Waals surface area (Å²) in [4.78, 5) is 14.8. The molecule has 0 spiro atoms. The van der Waals surface area contributed by atoms with Crippen LogP contribution >= 0.6 is 0 Å². The fourth-order valence-electron chi connectivity index (χ4n) is 3.75. The molecular formula is C17H22N2O. The van der Waals surface area contributed by atoms with Crippen LogP contribution < -0.4 is 5.32 Å². The number of nitrogens with zero attached hydrogens (tertiary/aromatic N) is 1. The highest BCUT2D eigenvalue weighted by molar-refractivity contribution is 5.85. The van der Waals surface area contributed by atoms with E-state index in [4.69, 9.17) is 0 Å². The van der Waals surface area contributed by atoms with Gasteiger partial charge in [0.2, 0.25) is 5.91 Å². The standard InChI is InChI=1S/C17H22N2O/c1-12-18-15(13-5-3-2-4-6-13)16(20)19(12)11-17(9-10-17)14-7-8-14/h2-6,12,14-15,18H,7-11H2,1H3. The van der Waals surface area contributed by atoms with Crippen LogP contribution in [-0.2, 0) is 4.79 Å². The minimum atomic E-state index is -0.152. The number of hydrogen-bond acceptors (Lipinski definition) is 2. The summed E-state index contributed by atoms with van der Waals surface area (Å²) in [6.45, 7) is 3.08. The van der Waals surface area contributed by atoms with E-state index in [9.17, 15) is 4.79 Å². The van der Waals surface area contributed by atoms with Crippen LogP contribution in [0, 0.1) is 11.3 Å². The molecule has 1 heterocycles. The summed E-state index contributed by atoms with van der Waals surface area (Å²) in [7, 11) is 0. The van der Waals surface area contributed by atoms with Gasteiger partial charge in [0, 0.05) is 6.54 Å². The van der Waals surface area contributed by atoms with Crippen LogP contribution in [0.25, 0.3) is 0 Å². The molecular weight excluding hydrogens is 248 g/mol. The first-order valence-electron chi connectivity index (χ1n) is 7.81. The lowest BCUT2D eigenvalue weighted by Gasteiger charge is -2.26. The molecule has 0 radical (unpaired) electrons. The van der Waals surface area contributed by atoms with Gasteiger partial charge in [-0.25, -0.2) is 0 Å². The Bertz CT molecular complexity index is 519. The lowest BCUT2D eigenvalue weighted by atomic mass is 9.99. The van der Waals surface area contributed by atoms with Gasteiger partial charge in [-0.3, -0.25) is 10.1 Å². The van der Waals surface area contributed by atoms with Crippen molar-refractivity contribution in [1.29, 1.82) is 0 Å². The number of carbonyl (C=O) groups excluding carboxylic acids is 1. The summed E-state index contributed by atoms with van der Waals surface area (Å²) in [5.74, 6) is 1.16. The second kappa shape index (κ2) is 4.32. The molecule has 4 rings (SSSR count). The summed E-state index contributed by atoms with van der Waals surface area (Å²) < 4.78 is 0. The normalized spacial score (nSPS) is 31.6. The summed E-state index contributed by atoms with van der Waals surface area (Å²) in [5, 5.41) is 3.46. The van der Waals surface area contributed by atoms with Crippen LogP contribution in [0.3, 0.4) is 0 Å². The number of rotatable bonds is 4. The molecule has 2 atom stereocenters. The van der Waals surface area contributed by atoms with Crippen molar-refractivity contribution in [2.45, 2.75) is 44.8 Å². The number of carbonyl (C=O) groups is 1. The Kier molecular flexibility index (Phi) is 2.68. The highest BCUT2D eigenvalue weighted by Gasteiger charge is 2.56. The summed E-state index contributed by atoms with van der Waals surface area (Å²) in [5.41, 5.74) is 1.57. The zero-order valence-electron chi connectivity index (χ0n) is 12.0. The van der Waals surface area contributed by atoms with Crippen molar-refractivity contribution in [2.24, 2.45) is 11.3 Å². The van der Waals surface area contributed by atoms with Gasteiger partial charge in [0.15, 0.2) is 0 Å². The third kappa shape index (κ3) is 1.96. The van der Waals surface area contributed by atoms with Gasteiger partial charge in [0.1, 0.15) is 6.04 Å². The molecule has 1 aliphatic heterocycles. The molecule has 1 aromatic rings. The lowest BCUT2D eigenvalue weighted by Crippen LogP contribution is -2.39. The molecule has 2 saturated carbocycles. The average Bonchev–Trinajstić information content (AvgIpc) is 3.35. The van der Waals surface area contributed by atoms with Crippen LogP contribution in [-0.4, -0.2) is 23.5 Å². The molecule has 2 unspecified atom stereocenters. The van der Waals surface area contributed by atoms with Gasteiger partial charge in [-0.15, -0.1) is 0 Å². The smallest absolute Gasteiger partial charge is 0.245 e. The third-order valence-electron chi connectivity index (χ3n) is 5.36. The average molecular weight is 270 g/mol. The van der Waals surface area contributed by atoms with Crippen molar-refractivity contribution < 1.29 is 4.79 Å². The Labute approximate surface area is 120 Å². The lowest BCUT2D eigenvalue weighted by molar-refractivity contribution is -0.130. The largest absolute Gasteiger partial charge is 0.325 e. The topological polar surface area (TPSA) is 32.3 Å². The zero-order valence-corrected chi connectivity index (χ0v) is 12.0. The Morgan fingerprint density at radius 1 is 1.25 bits per heavy atom. The second-order valence-corrected chi connectivity index (χ2v) is 6.79. The highest BCUT2D eigenvalue weighted by Crippen LogP contribution is 2.61. The first-order chi connectivity index (χ1) is 9.70. The molecule has 0 bridgehead atoms. The zero-order chi connectivity index (χ0) is 13.7. The van der Waals surface area contributed by atoms with E-state index < -0.39 is 0 Å². The van der Waals surface area contributed by atoms with Crippen LogP contribution in [0.2, 0.25) is 0 Å². The van der Waals surface area contributed by atoms with Gasteiger partial charge < -0.3 is 4.90 Å². The number of hydrogen-bond donors (Lipinski definition) is 1. The molecule has 3 heteroatoms. The predicted molar refractivity (Wildman–Crippen MR) is 77.9 cm³/mol. The van der Waals surface area contributed by atoms with Crippen LogP contribution in [0.15, 0.2) is 30.3 Å². The Morgan fingerprint density at radius 2 is 1.95 bits per heavy atom. The van der Waals surface area contributed by atoms with E-state index in [0.717, 1.165) is 18.0 Å². The van der Waals surface area contributed by atoms with Crippen molar-refractivity contribution in [1.82, 2.24) is 10.2 Å². The van der Waals surface area contributed by atoms with Crippen molar-refractivity contribution in [3.8, 4) is 0 Å². The van der Waals surface area contributed by atoms with Crippen molar-refractivity contribution in [3.05, 3.63) is 35.9 Å². The maximum absolute atomic E-state index is 12.7. The molecule has 3 nitrogen and oxygen atoms in total. The van der Waals surface area contributed by atoms with E-state index in [1.165, 1.54) is 25.7 Å². The maximum Gasteiger partial charge on any atom is 0.245 e. The maximum atomic E-state index is 12.7. The summed E-state index contributed by atoms with van der Waals surface area (Å²) >= 11 is 0. The molecule has 0 aromatic heterocycles. The van der Waals surface area contributed by atoms with Gasteiger partial charge in [0.05, 0.1) is 6.17 Å². The predicted octanol–water partition coefficient (Wildman–Crippen LogP) is 2.70. The molecule has 3 aliphatic rings. The molecule has 1 N–H and O–H groups in total. The first kappa shape index (κ1) is 12.4. The van der Waals surface area contributed by atoms with Gasteiger partial charge in [-0.2, -0.15) is 0 Å². The first-order valence-corrected chi connectivity index (χ1v) is 7.81. The van der Waals surface area contributed by atoms with Gasteiger partial charge in [-0.05, 0) is 49.5 Å². The fourth-order valence-corrected chi connectivity index (χ4v) is 3.75. The molecule has 20 heavy (non-hydrogen) atoms. The number of nitrogens with one attached hydrogen (secondary N) is 1. The molecule has 1 saturated heterocycles. The number of benzene rings is 1. The Balaban J connectivity index is 1.52. The van der Waals surface area contributed by atoms with Gasteiger partial charge in [0.25, 0.3) is 0 Å². The second-order valence-electron chi connectivity index (χ2n) is 6.79. The van der Waals surface area contributed by atoms with E-state index in [0.29, 0.717) is 5.41 Å². The van der Waals surface area contributed by atoms with E-state index in [-0.39, 0.29) is 18.1 Å². The van der Waals surface area contributed by atoms with Gasteiger partial charge in [-0.1, -0.05) is 30.3 Å². The molecule has 106 valence electrons. The fraction of sp³-hybridized carbons (Fsp3) is 0.588. The van der Waals surface area contributed by atoms with Crippen molar-refractivity contribution in [3.63, 3.8) is 0 Å². The quantitative estimate of drug-likeness (QED) is 0.912. The Morgan fingerprint density at radius 3 is 2.55 bits per heavy atom. The monoisotopic (exact) mass is 270 g/mol. The molecule has 3 fully saturated rings. The Hall–Kier alpha value is -1.35. The van der Waals surface area contributed by atoms with E-state index in [1.54, 1.807) is 0 Å². The molecule has 2 aliphatic carbocycles. The minimum Gasteiger partial charge on any atom is -0.325 e. The minimum absolute atomic E-state index is 0.152. The summed E-state index contributed by atoms with van der Waals surface area (Å²) in [6.07, 6.45) is 5.57. The van der Waals surface area contributed by atoms with Crippen LogP contribution in [0.1, 0.15) is 44.2 Å². The molecule has 1 aromatic carbocycles. The van der Waals surface area contributed by atoms with E-state index in [2.05, 4.69) is 17.1 Å². The summed E-state index contributed by atoms with van der Waals surface area (Å²) in [6, 6.07) is 9.94. The molecule has 1 amide bonds. The van der Waals surface area contributed by atoms with Crippen molar-refractivity contribution in [2.75, 3.05) is 6.54 Å². The van der Waals surface area contributed by atoms with Gasteiger partial charge >= 0.3 is 0 Å². The van der Waals surface area contributed by atoms with Crippen LogP contribution in [0.5, 0.6) is 0 Å². The third-order valence-corrected chi connectivity index (χ3v) is 5.36. The highest BCUT2D eigenvalue weighted by atomic mass is 16.2.